The molecule has 1 aromatic carbocycles. The first-order chi connectivity index (χ1) is 10.0. The molecule has 0 unspecified atom stereocenters. The SMILES string of the molecule is CC(C)OCCNC(=O)COc1ccc(/C(N)=N/O)cc1. The van der Waals surface area contributed by atoms with Gasteiger partial charge in [-0.25, -0.2) is 0 Å². The highest BCUT2D eigenvalue weighted by Crippen LogP contribution is 2.11. The summed E-state index contributed by atoms with van der Waals surface area (Å²) in [5.74, 6) is 0.324. The van der Waals surface area contributed by atoms with Gasteiger partial charge in [0.2, 0.25) is 0 Å². The predicted molar refractivity (Wildman–Crippen MR) is 78.5 cm³/mol. The topological polar surface area (TPSA) is 106 Å². The Morgan fingerprint density at radius 1 is 1.38 bits per heavy atom. The van der Waals surface area contributed by atoms with Crippen LogP contribution < -0.4 is 15.8 Å². The van der Waals surface area contributed by atoms with E-state index in [2.05, 4.69) is 10.5 Å². The highest BCUT2D eigenvalue weighted by Gasteiger charge is 2.04. The number of carbonyl (C=O) groups excluding carboxylic acids is 1. The Hall–Kier alpha value is -2.28. The number of nitrogens with zero attached hydrogens (tertiary/aromatic N) is 1. The zero-order chi connectivity index (χ0) is 15.7. The van der Waals surface area contributed by atoms with Gasteiger partial charge >= 0.3 is 0 Å². The number of amidine groups is 1. The molecule has 0 fully saturated rings. The molecule has 21 heavy (non-hydrogen) atoms. The molecule has 0 saturated heterocycles. The third kappa shape index (κ3) is 6.62. The van der Waals surface area contributed by atoms with Gasteiger partial charge in [-0.2, -0.15) is 0 Å². The zero-order valence-electron chi connectivity index (χ0n) is 12.2. The lowest BCUT2D eigenvalue weighted by Gasteiger charge is -2.09. The zero-order valence-corrected chi connectivity index (χ0v) is 12.2. The second-order valence-corrected chi connectivity index (χ2v) is 4.57. The van der Waals surface area contributed by atoms with Crippen molar-refractivity contribution in [2.75, 3.05) is 19.8 Å². The van der Waals surface area contributed by atoms with Gasteiger partial charge in [0, 0.05) is 12.1 Å². The summed E-state index contributed by atoms with van der Waals surface area (Å²) in [6.07, 6.45) is 0.145. The molecule has 0 bridgehead atoms. The van der Waals surface area contributed by atoms with Crippen molar-refractivity contribution in [2.24, 2.45) is 10.9 Å². The predicted octanol–water partition coefficient (Wildman–Crippen LogP) is 0.701. The van der Waals surface area contributed by atoms with Crippen LogP contribution in [-0.4, -0.2) is 42.8 Å². The maximum Gasteiger partial charge on any atom is 0.258 e. The van der Waals surface area contributed by atoms with Crippen LogP contribution in [0, 0.1) is 0 Å². The number of oxime groups is 1. The fourth-order valence-corrected chi connectivity index (χ4v) is 1.46. The molecule has 0 saturated carbocycles. The van der Waals surface area contributed by atoms with Crippen molar-refractivity contribution < 1.29 is 19.5 Å². The number of hydrogen-bond donors (Lipinski definition) is 3. The second-order valence-electron chi connectivity index (χ2n) is 4.57. The standard InChI is InChI=1S/C14H21N3O4/c1-10(2)20-8-7-16-13(18)9-21-12-5-3-11(4-6-12)14(15)17-19/h3-6,10,19H,7-9H2,1-2H3,(H2,15,17)(H,16,18). The van der Waals surface area contributed by atoms with Crippen LogP contribution in [0.3, 0.4) is 0 Å². The Labute approximate surface area is 123 Å². The van der Waals surface area contributed by atoms with Gasteiger partial charge < -0.3 is 25.7 Å². The minimum atomic E-state index is -0.220. The molecule has 0 aliphatic carbocycles. The third-order valence-corrected chi connectivity index (χ3v) is 2.50. The monoisotopic (exact) mass is 295 g/mol. The molecule has 0 aliphatic heterocycles. The van der Waals surface area contributed by atoms with Gasteiger partial charge in [-0.3, -0.25) is 4.79 Å². The molecule has 1 aromatic rings. The van der Waals surface area contributed by atoms with E-state index in [1.54, 1.807) is 24.3 Å². The molecule has 0 radical (unpaired) electrons. The summed E-state index contributed by atoms with van der Waals surface area (Å²) in [5.41, 5.74) is 6.01. The van der Waals surface area contributed by atoms with E-state index in [9.17, 15) is 4.79 Å². The Balaban J connectivity index is 2.30. The van der Waals surface area contributed by atoms with Crippen LogP contribution in [0.25, 0.3) is 0 Å². The summed E-state index contributed by atoms with van der Waals surface area (Å²) in [6.45, 7) is 4.71. The quantitative estimate of drug-likeness (QED) is 0.215. The molecular formula is C14H21N3O4. The Bertz CT molecular complexity index is 472. The van der Waals surface area contributed by atoms with Crippen LogP contribution in [0.5, 0.6) is 5.75 Å². The van der Waals surface area contributed by atoms with Gasteiger partial charge in [0.1, 0.15) is 5.75 Å². The lowest BCUT2D eigenvalue weighted by Crippen LogP contribution is -2.32. The molecule has 7 heteroatoms. The summed E-state index contributed by atoms with van der Waals surface area (Å²) < 4.78 is 10.6. The number of amides is 1. The molecule has 0 heterocycles. The molecular weight excluding hydrogens is 274 g/mol. The van der Waals surface area contributed by atoms with Crippen molar-refractivity contribution in [3.63, 3.8) is 0 Å². The largest absolute Gasteiger partial charge is 0.484 e. The van der Waals surface area contributed by atoms with Crippen molar-refractivity contribution in [1.82, 2.24) is 5.32 Å². The van der Waals surface area contributed by atoms with Crippen LogP contribution in [0.4, 0.5) is 0 Å². The van der Waals surface area contributed by atoms with Crippen LogP contribution in [-0.2, 0) is 9.53 Å². The first kappa shape index (κ1) is 16.8. The van der Waals surface area contributed by atoms with Crippen molar-refractivity contribution in [3.05, 3.63) is 29.8 Å². The molecule has 1 rings (SSSR count). The normalized spacial score (nSPS) is 11.5. The Morgan fingerprint density at radius 2 is 2.05 bits per heavy atom. The smallest absolute Gasteiger partial charge is 0.258 e. The molecule has 116 valence electrons. The third-order valence-electron chi connectivity index (χ3n) is 2.50. The molecule has 1 amide bonds. The van der Waals surface area contributed by atoms with Crippen molar-refractivity contribution in [1.29, 1.82) is 0 Å². The summed E-state index contributed by atoms with van der Waals surface area (Å²) in [4.78, 5) is 11.5. The molecule has 0 atom stereocenters. The van der Waals surface area contributed by atoms with Crippen LogP contribution in [0.1, 0.15) is 19.4 Å². The van der Waals surface area contributed by atoms with E-state index < -0.39 is 0 Å². The first-order valence-corrected chi connectivity index (χ1v) is 6.62. The number of carbonyl (C=O) groups is 1. The minimum absolute atomic E-state index is 0.0180. The van der Waals surface area contributed by atoms with E-state index in [1.165, 1.54) is 0 Å². The van der Waals surface area contributed by atoms with Gasteiger partial charge in [0.05, 0.1) is 12.7 Å². The maximum absolute atomic E-state index is 11.5. The highest BCUT2D eigenvalue weighted by atomic mass is 16.5. The van der Waals surface area contributed by atoms with Gasteiger partial charge in [0.25, 0.3) is 5.91 Å². The van der Waals surface area contributed by atoms with E-state index in [4.69, 9.17) is 20.4 Å². The number of benzene rings is 1. The summed E-state index contributed by atoms with van der Waals surface area (Å²) in [7, 11) is 0. The number of rotatable bonds is 8. The van der Waals surface area contributed by atoms with E-state index in [-0.39, 0.29) is 24.5 Å². The minimum Gasteiger partial charge on any atom is -0.484 e. The van der Waals surface area contributed by atoms with E-state index in [0.717, 1.165) is 0 Å². The van der Waals surface area contributed by atoms with Crippen LogP contribution >= 0.6 is 0 Å². The fraction of sp³-hybridized carbons (Fsp3) is 0.429. The fourth-order valence-electron chi connectivity index (χ4n) is 1.46. The number of nitrogens with one attached hydrogen (secondary N) is 1. The molecule has 0 spiro atoms. The van der Waals surface area contributed by atoms with Crippen molar-refractivity contribution >= 4 is 11.7 Å². The number of ether oxygens (including phenoxy) is 2. The average Bonchev–Trinajstić information content (AvgIpc) is 2.49. The number of nitrogens with two attached hydrogens (primary N) is 1. The summed E-state index contributed by atoms with van der Waals surface area (Å²) >= 11 is 0. The van der Waals surface area contributed by atoms with Crippen molar-refractivity contribution in [2.45, 2.75) is 20.0 Å². The number of hydrogen-bond acceptors (Lipinski definition) is 5. The summed E-state index contributed by atoms with van der Waals surface area (Å²) in [6, 6.07) is 6.56. The van der Waals surface area contributed by atoms with E-state index >= 15 is 0 Å². The van der Waals surface area contributed by atoms with Gasteiger partial charge in [0.15, 0.2) is 12.4 Å². The van der Waals surface area contributed by atoms with E-state index in [0.29, 0.717) is 24.5 Å². The van der Waals surface area contributed by atoms with Crippen molar-refractivity contribution in [3.8, 4) is 5.75 Å². The van der Waals surface area contributed by atoms with Gasteiger partial charge in [-0.05, 0) is 38.1 Å². The molecule has 0 aliphatic rings. The second kappa shape index (κ2) is 8.80. The highest BCUT2D eigenvalue weighted by molar-refractivity contribution is 5.97. The van der Waals surface area contributed by atoms with Gasteiger partial charge in [-0.15, -0.1) is 0 Å². The molecule has 4 N–H and O–H groups in total. The van der Waals surface area contributed by atoms with Gasteiger partial charge in [-0.1, -0.05) is 5.16 Å². The lowest BCUT2D eigenvalue weighted by atomic mass is 10.2. The Morgan fingerprint density at radius 3 is 2.62 bits per heavy atom. The maximum atomic E-state index is 11.5. The average molecular weight is 295 g/mol. The Kier molecular flexibility index (Phi) is 7.03. The lowest BCUT2D eigenvalue weighted by molar-refractivity contribution is -0.123. The summed E-state index contributed by atoms with van der Waals surface area (Å²) in [5, 5.41) is 14.1. The molecule has 0 aromatic heterocycles. The van der Waals surface area contributed by atoms with E-state index in [1.807, 2.05) is 13.8 Å². The van der Waals surface area contributed by atoms with Crippen LogP contribution in [0.2, 0.25) is 0 Å². The van der Waals surface area contributed by atoms with Crippen LogP contribution in [0.15, 0.2) is 29.4 Å². The first-order valence-electron chi connectivity index (χ1n) is 6.62. The molecule has 7 nitrogen and oxygen atoms in total.